The maximum atomic E-state index is 13.3. The highest BCUT2D eigenvalue weighted by Gasteiger charge is 2.35. The summed E-state index contributed by atoms with van der Waals surface area (Å²) in [6.45, 7) is 10.3. The maximum Gasteiger partial charge on any atom is 0.254 e. The van der Waals surface area contributed by atoms with Crippen LogP contribution < -0.4 is 5.32 Å². The van der Waals surface area contributed by atoms with E-state index in [2.05, 4.69) is 48.1 Å². The van der Waals surface area contributed by atoms with Gasteiger partial charge >= 0.3 is 0 Å². The van der Waals surface area contributed by atoms with Gasteiger partial charge in [-0.25, -0.2) is 9.50 Å². The van der Waals surface area contributed by atoms with E-state index in [9.17, 15) is 4.79 Å². The number of fused-ring (bicyclic) bond motifs is 2. The molecule has 1 saturated heterocycles. The van der Waals surface area contributed by atoms with Crippen LogP contribution in [0.3, 0.4) is 0 Å². The molecule has 1 aromatic carbocycles. The lowest BCUT2D eigenvalue weighted by atomic mass is 9.86. The summed E-state index contributed by atoms with van der Waals surface area (Å²) >= 11 is 0. The molecule has 3 aromatic rings. The van der Waals surface area contributed by atoms with Crippen molar-refractivity contribution in [3.63, 3.8) is 0 Å². The van der Waals surface area contributed by atoms with Gasteiger partial charge in [0.1, 0.15) is 0 Å². The third-order valence-corrected chi connectivity index (χ3v) is 6.51. The largest absolute Gasteiger partial charge is 0.335 e. The molecule has 0 saturated carbocycles. The van der Waals surface area contributed by atoms with E-state index in [4.69, 9.17) is 5.10 Å². The number of nitrogens with one attached hydrogen (secondary N) is 1. The Balaban J connectivity index is 1.45. The number of piperidine rings is 1. The van der Waals surface area contributed by atoms with E-state index < -0.39 is 0 Å². The molecule has 30 heavy (non-hydrogen) atoms. The number of nitrogens with zero attached hydrogens (tertiary/aromatic N) is 4. The molecule has 2 aromatic heterocycles. The maximum absolute atomic E-state index is 13.3. The fraction of sp³-hybridized carbons (Fsp3) is 0.458. The summed E-state index contributed by atoms with van der Waals surface area (Å²) in [6.07, 6.45) is 4.87. The smallest absolute Gasteiger partial charge is 0.254 e. The Bertz CT molecular complexity index is 1150. The zero-order chi connectivity index (χ0) is 21.0. The Hall–Kier alpha value is -2.73. The highest BCUT2D eigenvalue weighted by atomic mass is 16.2. The van der Waals surface area contributed by atoms with Crippen LogP contribution in [0.4, 0.5) is 0 Å². The molecule has 4 heterocycles. The van der Waals surface area contributed by atoms with Gasteiger partial charge in [-0.3, -0.25) is 4.79 Å². The zero-order valence-corrected chi connectivity index (χ0v) is 18.2. The summed E-state index contributed by atoms with van der Waals surface area (Å²) in [5.74, 6) is 0.176. The van der Waals surface area contributed by atoms with Crippen molar-refractivity contribution in [3.8, 4) is 11.3 Å². The van der Waals surface area contributed by atoms with Gasteiger partial charge in [-0.2, -0.15) is 5.10 Å². The summed E-state index contributed by atoms with van der Waals surface area (Å²) in [6, 6.07) is 8.57. The zero-order valence-electron chi connectivity index (χ0n) is 18.2. The minimum absolute atomic E-state index is 0.0845. The summed E-state index contributed by atoms with van der Waals surface area (Å²) < 4.78 is 1.85. The molecule has 1 N–H and O–H groups in total. The van der Waals surface area contributed by atoms with Gasteiger partial charge < -0.3 is 10.2 Å². The number of carbonyl (C=O) groups is 1. The van der Waals surface area contributed by atoms with Crippen LogP contribution in [0, 0.1) is 13.8 Å². The minimum Gasteiger partial charge on any atom is -0.335 e. The Morgan fingerprint density at radius 2 is 2.03 bits per heavy atom. The fourth-order valence-electron chi connectivity index (χ4n) is 5.01. The molecule has 6 nitrogen and oxygen atoms in total. The van der Waals surface area contributed by atoms with Crippen LogP contribution in [0.2, 0.25) is 0 Å². The second-order valence-corrected chi connectivity index (χ2v) is 9.44. The van der Waals surface area contributed by atoms with Crippen molar-refractivity contribution < 1.29 is 4.79 Å². The van der Waals surface area contributed by atoms with Gasteiger partial charge in [0.05, 0.1) is 17.6 Å². The number of aromatic nitrogens is 3. The standard InChI is InChI=1S/C24H29N5O/c1-15-11-21(27-29-14-16(2)26-22(15)29)18-5-6-20-17(12-18)8-10-28(23(20)30)19-7-9-25-24(3,4)13-19/h5-6,11-12,14,19,25H,7-10,13H2,1-4H3. The van der Waals surface area contributed by atoms with Crippen LogP contribution in [0.5, 0.6) is 0 Å². The lowest BCUT2D eigenvalue weighted by Gasteiger charge is -2.43. The van der Waals surface area contributed by atoms with Crippen LogP contribution in [-0.2, 0) is 6.42 Å². The van der Waals surface area contributed by atoms with Crippen molar-refractivity contribution in [2.24, 2.45) is 0 Å². The molecule has 156 valence electrons. The van der Waals surface area contributed by atoms with Crippen LogP contribution >= 0.6 is 0 Å². The van der Waals surface area contributed by atoms with Gasteiger partial charge in [0.2, 0.25) is 0 Å². The van der Waals surface area contributed by atoms with Crippen molar-refractivity contribution in [2.75, 3.05) is 13.1 Å². The Morgan fingerprint density at radius 1 is 1.20 bits per heavy atom. The normalized spacial score (nSPS) is 21.1. The van der Waals surface area contributed by atoms with E-state index in [1.807, 2.05) is 29.8 Å². The molecule has 1 amide bonds. The average molecular weight is 404 g/mol. The Kier molecular flexibility index (Phi) is 4.43. The highest BCUT2D eigenvalue weighted by Crippen LogP contribution is 2.30. The SMILES string of the molecule is Cc1cn2nc(-c3ccc4c(c3)CCN(C3CCNC(C)(C)C3)C4=O)cc(C)c2n1. The molecule has 5 rings (SSSR count). The van der Waals surface area contributed by atoms with E-state index in [-0.39, 0.29) is 11.4 Å². The van der Waals surface area contributed by atoms with Gasteiger partial charge in [-0.1, -0.05) is 6.07 Å². The van der Waals surface area contributed by atoms with Crippen LogP contribution in [0.15, 0.2) is 30.5 Å². The highest BCUT2D eigenvalue weighted by molar-refractivity contribution is 5.97. The van der Waals surface area contributed by atoms with Gasteiger partial charge in [0, 0.05) is 29.3 Å². The second-order valence-electron chi connectivity index (χ2n) is 9.44. The number of aryl methyl sites for hydroxylation is 2. The molecule has 6 heteroatoms. The van der Waals surface area contributed by atoms with E-state index in [1.54, 1.807) is 0 Å². The monoisotopic (exact) mass is 403 g/mol. The molecular weight excluding hydrogens is 374 g/mol. The number of benzene rings is 1. The molecule has 0 bridgehead atoms. The van der Waals surface area contributed by atoms with Gasteiger partial charge in [-0.15, -0.1) is 0 Å². The van der Waals surface area contributed by atoms with E-state index in [0.717, 1.165) is 71.6 Å². The first-order chi connectivity index (χ1) is 14.3. The topological polar surface area (TPSA) is 62.5 Å². The van der Waals surface area contributed by atoms with Gasteiger partial charge in [-0.05, 0) is 82.8 Å². The Labute approximate surface area is 177 Å². The summed E-state index contributed by atoms with van der Waals surface area (Å²) in [4.78, 5) is 19.9. The van der Waals surface area contributed by atoms with Crippen LogP contribution in [0.25, 0.3) is 16.9 Å². The first kappa shape index (κ1) is 19.2. The first-order valence-corrected chi connectivity index (χ1v) is 10.8. The van der Waals surface area contributed by atoms with Crippen LogP contribution in [0.1, 0.15) is 53.9 Å². The molecule has 1 atom stereocenters. The van der Waals surface area contributed by atoms with E-state index in [1.165, 1.54) is 0 Å². The molecule has 2 aliphatic rings. The first-order valence-electron chi connectivity index (χ1n) is 10.8. The molecule has 1 fully saturated rings. The lowest BCUT2D eigenvalue weighted by molar-refractivity contribution is 0.0565. The molecule has 1 unspecified atom stereocenters. The fourth-order valence-corrected chi connectivity index (χ4v) is 5.01. The quantitative estimate of drug-likeness (QED) is 0.711. The number of hydrogen-bond donors (Lipinski definition) is 1. The van der Waals surface area contributed by atoms with E-state index >= 15 is 0 Å². The molecule has 2 aliphatic heterocycles. The van der Waals surface area contributed by atoms with Crippen molar-refractivity contribution in [3.05, 3.63) is 52.8 Å². The number of hydrogen-bond acceptors (Lipinski definition) is 4. The second kappa shape index (κ2) is 6.91. The molecule has 0 aliphatic carbocycles. The summed E-state index contributed by atoms with van der Waals surface area (Å²) in [5.41, 5.74) is 6.97. The number of rotatable bonds is 2. The number of amides is 1. The third kappa shape index (κ3) is 3.29. The van der Waals surface area contributed by atoms with Crippen molar-refractivity contribution in [2.45, 2.75) is 58.5 Å². The summed E-state index contributed by atoms with van der Waals surface area (Å²) in [7, 11) is 0. The predicted octanol–water partition coefficient (Wildman–Crippen LogP) is 3.54. The van der Waals surface area contributed by atoms with Crippen molar-refractivity contribution in [1.82, 2.24) is 24.8 Å². The molecule has 0 radical (unpaired) electrons. The minimum atomic E-state index is 0.0845. The van der Waals surface area contributed by atoms with Gasteiger partial charge in [0.15, 0.2) is 5.65 Å². The number of imidazole rings is 1. The van der Waals surface area contributed by atoms with Crippen molar-refractivity contribution >= 4 is 11.6 Å². The average Bonchev–Trinajstić information content (AvgIpc) is 3.08. The number of carbonyl (C=O) groups excluding carboxylic acids is 1. The third-order valence-electron chi connectivity index (χ3n) is 6.51. The molecular formula is C24H29N5O. The lowest BCUT2D eigenvalue weighted by Crippen LogP contribution is -2.55. The Morgan fingerprint density at radius 3 is 2.83 bits per heavy atom. The van der Waals surface area contributed by atoms with E-state index in [0.29, 0.717) is 6.04 Å². The molecule has 0 spiro atoms. The van der Waals surface area contributed by atoms with Crippen LogP contribution in [-0.4, -0.2) is 50.1 Å². The summed E-state index contributed by atoms with van der Waals surface area (Å²) in [5, 5.41) is 8.31. The predicted molar refractivity (Wildman–Crippen MR) is 118 cm³/mol. The van der Waals surface area contributed by atoms with Gasteiger partial charge in [0.25, 0.3) is 5.91 Å². The van der Waals surface area contributed by atoms with Crippen molar-refractivity contribution in [1.29, 1.82) is 0 Å².